The molecule has 3 rings (SSSR count). The van der Waals surface area contributed by atoms with Crippen LogP contribution in [0.3, 0.4) is 0 Å². The van der Waals surface area contributed by atoms with Crippen molar-refractivity contribution in [2.75, 3.05) is 6.54 Å². The van der Waals surface area contributed by atoms with Crippen LogP contribution in [0, 0.1) is 0 Å². The van der Waals surface area contributed by atoms with Crippen LogP contribution in [0.4, 0.5) is 0 Å². The molecule has 1 amide bonds. The average molecular weight is 408 g/mol. The molecule has 9 heteroatoms. The third kappa shape index (κ3) is 4.98. The predicted molar refractivity (Wildman–Crippen MR) is 104 cm³/mol. The summed E-state index contributed by atoms with van der Waals surface area (Å²) >= 11 is 3.15. The summed E-state index contributed by atoms with van der Waals surface area (Å²) in [6, 6.07) is 8.33. The van der Waals surface area contributed by atoms with E-state index in [1.165, 1.54) is 23.5 Å². The number of nitrogens with zero attached hydrogens (tertiary/aromatic N) is 1. The number of primary sulfonamides is 1. The Kier molecular flexibility index (Phi) is 5.82. The van der Waals surface area contributed by atoms with Crippen LogP contribution in [0.5, 0.6) is 0 Å². The third-order valence-corrected chi connectivity index (χ3v) is 6.20. The van der Waals surface area contributed by atoms with Gasteiger partial charge in [0.1, 0.15) is 5.01 Å². The van der Waals surface area contributed by atoms with Crippen molar-refractivity contribution in [3.05, 3.63) is 57.7 Å². The van der Waals surface area contributed by atoms with E-state index in [9.17, 15) is 13.2 Å². The number of nitrogens with two attached hydrogens (primary N) is 1. The lowest BCUT2D eigenvalue weighted by atomic mass is 10.1. The first kappa shape index (κ1) is 18.7. The molecule has 0 saturated carbocycles. The molecule has 0 aliphatic rings. The van der Waals surface area contributed by atoms with Crippen LogP contribution in [0.25, 0.3) is 10.6 Å². The van der Waals surface area contributed by atoms with Gasteiger partial charge in [0.25, 0.3) is 0 Å². The van der Waals surface area contributed by atoms with Gasteiger partial charge in [-0.05, 0) is 35.6 Å². The number of carbonyl (C=O) groups is 1. The van der Waals surface area contributed by atoms with Gasteiger partial charge in [0.15, 0.2) is 0 Å². The van der Waals surface area contributed by atoms with Gasteiger partial charge in [0.05, 0.1) is 17.0 Å². The molecule has 0 unspecified atom stereocenters. The van der Waals surface area contributed by atoms with E-state index >= 15 is 0 Å². The zero-order valence-corrected chi connectivity index (χ0v) is 16.2. The van der Waals surface area contributed by atoms with Gasteiger partial charge >= 0.3 is 0 Å². The molecule has 26 heavy (non-hydrogen) atoms. The Bertz CT molecular complexity index is 978. The second kappa shape index (κ2) is 8.09. The molecule has 0 bridgehead atoms. The van der Waals surface area contributed by atoms with Crippen molar-refractivity contribution < 1.29 is 13.2 Å². The maximum atomic E-state index is 12.0. The van der Waals surface area contributed by atoms with E-state index in [0.717, 1.165) is 21.8 Å². The summed E-state index contributed by atoms with van der Waals surface area (Å²) in [4.78, 5) is 16.6. The quantitative estimate of drug-likeness (QED) is 0.628. The van der Waals surface area contributed by atoms with E-state index in [2.05, 4.69) is 10.3 Å². The second-order valence-electron chi connectivity index (χ2n) is 5.62. The van der Waals surface area contributed by atoms with E-state index in [1.807, 2.05) is 22.2 Å². The normalized spacial score (nSPS) is 11.4. The molecule has 0 fully saturated rings. The highest BCUT2D eigenvalue weighted by Gasteiger charge is 2.10. The number of sulfonamides is 1. The third-order valence-electron chi connectivity index (χ3n) is 3.65. The Balaban J connectivity index is 1.47. The number of rotatable bonds is 7. The van der Waals surface area contributed by atoms with Crippen molar-refractivity contribution in [2.24, 2.45) is 5.14 Å². The zero-order valence-electron chi connectivity index (χ0n) is 13.7. The number of benzene rings is 1. The van der Waals surface area contributed by atoms with Gasteiger partial charge in [-0.1, -0.05) is 12.1 Å². The summed E-state index contributed by atoms with van der Waals surface area (Å²) in [6.07, 6.45) is 0.846. The summed E-state index contributed by atoms with van der Waals surface area (Å²) < 4.78 is 22.4. The first-order valence-electron chi connectivity index (χ1n) is 7.77. The molecule has 0 aliphatic carbocycles. The summed E-state index contributed by atoms with van der Waals surface area (Å²) in [5.41, 5.74) is 2.76. The highest BCUT2D eigenvalue weighted by atomic mass is 32.2. The number of nitrogens with one attached hydrogen (secondary N) is 1. The molecule has 2 aromatic heterocycles. The van der Waals surface area contributed by atoms with Crippen LogP contribution in [0.15, 0.2) is 51.4 Å². The Labute approximate surface area is 159 Å². The van der Waals surface area contributed by atoms with E-state index in [-0.39, 0.29) is 17.2 Å². The first-order chi connectivity index (χ1) is 12.4. The average Bonchev–Trinajstić information content (AvgIpc) is 3.25. The monoisotopic (exact) mass is 407 g/mol. The lowest BCUT2D eigenvalue weighted by Gasteiger charge is -2.05. The lowest BCUT2D eigenvalue weighted by Crippen LogP contribution is -2.27. The molecule has 6 nitrogen and oxygen atoms in total. The minimum absolute atomic E-state index is 0.0789. The highest BCUT2D eigenvalue weighted by Crippen LogP contribution is 2.25. The van der Waals surface area contributed by atoms with Crippen molar-refractivity contribution in [3.8, 4) is 10.6 Å². The fraction of sp³-hybridized carbons (Fsp3) is 0.176. The minimum Gasteiger partial charge on any atom is -0.355 e. The Morgan fingerprint density at radius 3 is 2.58 bits per heavy atom. The molecule has 1 aromatic carbocycles. The van der Waals surface area contributed by atoms with Crippen molar-refractivity contribution in [1.29, 1.82) is 0 Å². The van der Waals surface area contributed by atoms with Crippen LogP contribution < -0.4 is 10.5 Å². The SMILES string of the molecule is NS(=O)(=O)c1ccc(CCNC(=O)Cc2csc(-c3ccsc3)n2)cc1. The molecule has 0 spiro atoms. The fourth-order valence-electron chi connectivity index (χ4n) is 2.33. The summed E-state index contributed by atoms with van der Waals surface area (Å²) in [7, 11) is -3.68. The number of hydrogen-bond acceptors (Lipinski definition) is 6. The summed E-state index contributed by atoms with van der Waals surface area (Å²) in [6.45, 7) is 0.467. The lowest BCUT2D eigenvalue weighted by molar-refractivity contribution is -0.120. The Morgan fingerprint density at radius 1 is 1.15 bits per heavy atom. The maximum absolute atomic E-state index is 12.0. The predicted octanol–water partition coefficient (Wildman–Crippen LogP) is 2.42. The van der Waals surface area contributed by atoms with Crippen LogP contribution in [0.1, 0.15) is 11.3 Å². The first-order valence-corrected chi connectivity index (χ1v) is 11.1. The topological polar surface area (TPSA) is 102 Å². The van der Waals surface area contributed by atoms with Crippen molar-refractivity contribution in [1.82, 2.24) is 10.3 Å². The number of hydrogen-bond donors (Lipinski definition) is 2. The number of carbonyl (C=O) groups excluding carboxylic acids is 1. The highest BCUT2D eigenvalue weighted by molar-refractivity contribution is 7.89. The fourth-order valence-corrected chi connectivity index (χ4v) is 4.37. The number of thiophene rings is 1. The van der Waals surface area contributed by atoms with Gasteiger partial charge in [-0.3, -0.25) is 4.79 Å². The van der Waals surface area contributed by atoms with E-state index in [4.69, 9.17) is 5.14 Å². The maximum Gasteiger partial charge on any atom is 0.238 e. The largest absolute Gasteiger partial charge is 0.355 e. The molecule has 0 atom stereocenters. The standard InChI is InChI=1S/C17H17N3O3S3/c18-26(22,23)15-3-1-12(2-4-15)5-7-19-16(21)9-14-11-25-17(20-14)13-6-8-24-10-13/h1-4,6,8,10-11H,5,7,9H2,(H,19,21)(H2,18,22,23). The van der Waals surface area contributed by atoms with Crippen molar-refractivity contribution >= 4 is 38.6 Å². The molecule has 0 saturated heterocycles. The van der Waals surface area contributed by atoms with Crippen molar-refractivity contribution in [3.63, 3.8) is 0 Å². The molecular weight excluding hydrogens is 390 g/mol. The molecule has 0 radical (unpaired) electrons. The van der Waals surface area contributed by atoms with E-state index in [0.29, 0.717) is 13.0 Å². The minimum atomic E-state index is -3.68. The van der Waals surface area contributed by atoms with Crippen LogP contribution in [-0.4, -0.2) is 25.9 Å². The summed E-state index contributed by atoms with van der Waals surface area (Å²) in [5, 5.41) is 14.8. The van der Waals surface area contributed by atoms with Gasteiger partial charge in [-0.2, -0.15) is 11.3 Å². The van der Waals surface area contributed by atoms with Gasteiger partial charge in [0.2, 0.25) is 15.9 Å². The van der Waals surface area contributed by atoms with Crippen molar-refractivity contribution in [2.45, 2.75) is 17.7 Å². The van der Waals surface area contributed by atoms with Crippen LogP contribution in [-0.2, 0) is 27.7 Å². The van der Waals surface area contributed by atoms with E-state index < -0.39 is 10.0 Å². The summed E-state index contributed by atoms with van der Waals surface area (Å²) in [5.74, 6) is -0.0895. The number of amides is 1. The molecular formula is C17H17N3O3S3. The van der Waals surface area contributed by atoms with E-state index in [1.54, 1.807) is 23.5 Å². The van der Waals surface area contributed by atoms with Gasteiger partial charge < -0.3 is 5.32 Å². The molecule has 0 aliphatic heterocycles. The molecule has 3 N–H and O–H groups in total. The van der Waals surface area contributed by atoms with Crippen LogP contribution in [0.2, 0.25) is 0 Å². The van der Waals surface area contributed by atoms with Gasteiger partial charge in [-0.25, -0.2) is 18.5 Å². The molecule has 2 heterocycles. The smallest absolute Gasteiger partial charge is 0.238 e. The molecule has 136 valence electrons. The Morgan fingerprint density at radius 2 is 1.92 bits per heavy atom. The second-order valence-corrected chi connectivity index (χ2v) is 8.82. The number of aromatic nitrogens is 1. The molecule has 3 aromatic rings. The zero-order chi connectivity index (χ0) is 18.6. The van der Waals surface area contributed by atoms with Crippen LogP contribution >= 0.6 is 22.7 Å². The van der Waals surface area contributed by atoms with Gasteiger partial charge in [-0.15, -0.1) is 11.3 Å². The van der Waals surface area contributed by atoms with Gasteiger partial charge in [0, 0.05) is 22.9 Å². The number of thiazole rings is 1. The Hall–Kier alpha value is -2.07.